The second-order valence-electron chi connectivity index (χ2n) is 16.4. The molecule has 3 aromatic rings. The SMILES string of the molecule is CC(=O)N1CCC(N(C)c2cc(F)cc(I)c2)CC1.CN(c1cc(F)cc(I)c1)C1CCCCC1.CN(c1cc(F)cc(I)c1)C1CCN(C(=O)OC(C)(C)C)CC1. The van der Waals surface area contributed by atoms with E-state index in [1.165, 1.54) is 44.2 Å². The van der Waals surface area contributed by atoms with Crippen LogP contribution in [-0.2, 0) is 9.53 Å². The van der Waals surface area contributed by atoms with Gasteiger partial charge in [-0.25, -0.2) is 18.0 Å². The van der Waals surface area contributed by atoms with Gasteiger partial charge in [0.05, 0.1) is 0 Å². The minimum Gasteiger partial charge on any atom is -0.444 e. The third-order valence-electron chi connectivity index (χ3n) is 11.0. The third kappa shape index (κ3) is 15.4. The number of halogens is 6. The molecular weight excluding hydrogens is 1080 g/mol. The van der Waals surface area contributed by atoms with E-state index in [0.717, 1.165) is 66.5 Å². The molecule has 2 amide bonds. The minimum absolute atomic E-state index is 0.135. The molecule has 2 heterocycles. The standard InChI is InChI=1S/C17H24FIN2O2.C14H18FIN2O.C13H17FIN/c1-17(2,3)23-16(22)21-7-5-14(6-8-21)20(4)15-10-12(18)9-13(19)11-15;1-10(19)18-5-3-13(4-6-18)17(2)14-8-11(15)7-12(16)9-14;1-16(12-5-3-2-4-6-12)13-8-10(14)7-11(15)9-13/h9-11,14H,5-8H2,1-4H3;7-9,13H,3-6H2,1-2H3;7-9,12H,2-6H2,1H3. The molecule has 1 aliphatic carbocycles. The highest BCUT2D eigenvalue weighted by Crippen LogP contribution is 2.29. The summed E-state index contributed by atoms with van der Waals surface area (Å²) in [6, 6.07) is 16.6. The Hall–Kier alpha value is -2.22. The number of ether oxygens (including phenoxy) is 1. The predicted octanol–water partition coefficient (Wildman–Crippen LogP) is 11.3. The molecule has 2 saturated heterocycles. The number of piperidine rings is 2. The number of carbonyl (C=O) groups is 2. The van der Waals surface area contributed by atoms with Crippen LogP contribution in [0.15, 0.2) is 54.6 Å². The molecule has 0 unspecified atom stereocenters. The highest BCUT2D eigenvalue weighted by molar-refractivity contribution is 14.1. The van der Waals surface area contributed by atoms with Crippen molar-refractivity contribution in [2.75, 3.05) is 62.0 Å². The van der Waals surface area contributed by atoms with Crippen LogP contribution >= 0.6 is 67.8 Å². The molecule has 3 fully saturated rings. The van der Waals surface area contributed by atoms with E-state index in [1.54, 1.807) is 36.1 Å². The second kappa shape index (κ2) is 22.6. The van der Waals surface area contributed by atoms with Crippen LogP contribution in [-0.4, -0.2) is 92.8 Å². The second-order valence-corrected chi connectivity index (χ2v) is 20.2. The Balaban J connectivity index is 0.000000196. The van der Waals surface area contributed by atoms with Crippen molar-refractivity contribution in [3.63, 3.8) is 0 Å². The maximum Gasteiger partial charge on any atom is 0.410 e. The highest BCUT2D eigenvalue weighted by atomic mass is 127. The zero-order valence-corrected chi connectivity index (χ0v) is 41.3. The van der Waals surface area contributed by atoms with Crippen molar-refractivity contribution in [1.29, 1.82) is 0 Å². The van der Waals surface area contributed by atoms with Crippen LogP contribution in [0.1, 0.15) is 85.5 Å². The quantitative estimate of drug-likeness (QED) is 0.229. The Labute approximate surface area is 385 Å². The van der Waals surface area contributed by atoms with Gasteiger partial charge in [0.1, 0.15) is 23.1 Å². The van der Waals surface area contributed by atoms with Gasteiger partial charge >= 0.3 is 6.09 Å². The number of hydrogen-bond donors (Lipinski definition) is 0. The topological polar surface area (TPSA) is 59.6 Å². The molecule has 58 heavy (non-hydrogen) atoms. The maximum absolute atomic E-state index is 13.6. The number of benzene rings is 3. The summed E-state index contributed by atoms with van der Waals surface area (Å²) in [5, 5.41) is 0. The smallest absolute Gasteiger partial charge is 0.410 e. The van der Waals surface area contributed by atoms with Gasteiger partial charge < -0.3 is 29.2 Å². The van der Waals surface area contributed by atoms with Crippen molar-refractivity contribution in [2.45, 2.75) is 109 Å². The average molecular weight is 1140 g/mol. The lowest BCUT2D eigenvalue weighted by Gasteiger charge is -2.38. The lowest BCUT2D eigenvalue weighted by Crippen LogP contribution is -2.47. The fourth-order valence-corrected chi connectivity index (χ4v) is 9.51. The Bertz CT molecular complexity index is 1750. The van der Waals surface area contributed by atoms with Crippen molar-refractivity contribution in [2.24, 2.45) is 0 Å². The van der Waals surface area contributed by atoms with E-state index in [1.807, 2.05) is 51.9 Å². The molecule has 8 nitrogen and oxygen atoms in total. The van der Waals surface area contributed by atoms with E-state index in [-0.39, 0.29) is 29.5 Å². The molecule has 2 aliphatic heterocycles. The first kappa shape index (κ1) is 48.4. The molecule has 1 saturated carbocycles. The summed E-state index contributed by atoms with van der Waals surface area (Å²) in [4.78, 5) is 33.5. The molecule has 14 heteroatoms. The summed E-state index contributed by atoms with van der Waals surface area (Å²) in [5.74, 6) is -0.411. The molecule has 0 bridgehead atoms. The number of amides is 2. The van der Waals surface area contributed by atoms with E-state index < -0.39 is 5.60 Å². The van der Waals surface area contributed by atoms with Crippen LogP contribution in [0.5, 0.6) is 0 Å². The molecule has 320 valence electrons. The molecule has 3 aromatic carbocycles. The van der Waals surface area contributed by atoms with Crippen molar-refractivity contribution < 1.29 is 27.5 Å². The van der Waals surface area contributed by atoms with E-state index in [4.69, 9.17) is 4.74 Å². The minimum atomic E-state index is -0.469. The number of anilines is 3. The molecule has 6 rings (SSSR count). The molecule has 0 radical (unpaired) electrons. The molecular formula is C44H59F3I3N5O3. The fraction of sp³-hybridized carbons (Fsp3) is 0.545. The molecule has 0 atom stereocenters. The van der Waals surface area contributed by atoms with Crippen LogP contribution < -0.4 is 14.7 Å². The Morgan fingerprint density at radius 3 is 1.21 bits per heavy atom. The zero-order chi connectivity index (χ0) is 42.7. The molecule has 0 aromatic heterocycles. The Kier molecular flexibility index (Phi) is 18.9. The van der Waals surface area contributed by atoms with E-state index in [9.17, 15) is 22.8 Å². The zero-order valence-electron chi connectivity index (χ0n) is 34.8. The number of likely N-dealkylation sites (tertiary alicyclic amines) is 2. The number of hydrogen-bond acceptors (Lipinski definition) is 6. The predicted molar refractivity (Wildman–Crippen MR) is 256 cm³/mol. The first-order valence-corrected chi connectivity index (χ1v) is 23.3. The van der Waals surface area contributed by atoms with Gasteiger partial charge in [-0.1, -0.05) is 19.3 Å². The largest absolute Gasteiger partial charge is 0.444 e. The van der Waals surface area contributed by atoms with Crippen LogP contribution in [0.2, 0.25) is 0 Å². The normalized spacial score (nSPS) is 16.7. The lowest BCUT2D eigenvalue weighted by molar-refractivity contribution is -0.129. The fourth-order valence-electron chi connectivity index (χ4n) is 7.66. The summed E-state index contributed by atoms with van der Waals surface area (Å²) in [6.45, 7) is 10.1. The van der Waals surface area contributed by atoms with Gasteiger partial charge in [-0.2, -0.15) is 0 Å². The molecule has 0 spiro atoms. The van der Waals surface area contributed by atoms with Crippen LogP contribution in [0, 0.1) is 28.2 Å². The van der Waals surface area contributed by atoms with Gasteiger partial charge in [-0.3, -0.25) is 4.79 Å². The van der Waals surface area contributed by atoms with E-state index in [0.29, 0.717) is 31.2 Å². The van der Waals surface area contributed by atoms with E-state index in [2.05, 4.69) is 95.6 Å². The van der Waals surface area contributed by atoms with Crippen molar-refractivity contribution in [1.82, 2.24) is 9.80 Å². The van der Waals surface area contributed by atoms with Gasteiger partial charge in [0.25, 0.3) is 0 Å². The van der Waals surface area contributed by atoms with E-state index >= 15 is 0 Å². The van der Waals surface area contributed by atoms with Crippen molar-refractivity contribution >= 4 is 96.8 Å². The lowest BCUT2D eigenvalue weighted by atomic mass is 9.94. The molecule has 0 N–H and O–H groups in total. The van der Waals surface area contributed by atoms with Crippen molar-refractivity contribution in [3.05, 3.63) is 82.8 Å². The summed E-state index contributed by atoms with van der Waals surface area (Å²) < 4.78 is 48.5. The van der Waals surface area contributed by atoms with Crippen LogP contribution in [0.3, 0.4) is 0 Å². The van der Waals surface area contributed by atoms with Crippen molar-refractivity contribution in [3.8, 4) is 0 Å². The van der Waals surface area contributed by atoms with Gasteiger partial charge in [-0.05, 0) is 182 Å². The Morgan fingerprint density at radius 2 is 0.897 bits per heavy atom. The average Bonchev–Trinajstić information content (AvgIpc) is 3.16. The maximum atomic E-state index is 13.6. The first-order chi connectivity index (χ1) is 27.3. The number of rotatable bonds is 6. The van der Waals surface area contributed by atoms with Crippen LogP contribution in [0.4, 0.5) is 35.0 Å². The molecule has 3 aliphatic rings. The van der Waals surface area contributed by atoms with Gasteiger partial charge in [0.2, 0.25) is 5.91 Å². The number of nitrogens with zero attached hydrogens (tertiary/aromatic N) is 5. The van der Waals surface area contributed by atoms with Gasteiger partial charge in [-0.15, -0.1) is 0 Å². The Morgan fingerprint density at radius 1 is 0.569 bits per heavy atom. The van der Waals surface area contributed by atoms with Gasteiger partial charge in [0.15, 0.2) is 0 Å². The number of carbonyl (C=O) groups excluding carboxylic acids is 2. The van der Waals surface area contributed by atoms with Crippen LogP contribution in [0.25, 0.3) is 0 Å². The summed E-state index contributed by atoms with van der Waals surface area (Å²) >= 11 is 6.42. The highest BCUT2D eigenvalue weighted by Gasteiger charge is 2.29. The summed E-state index contributed by atoms with van der Waals surface area (Å²) in [6.07, 6.45) is 9.76. The van der Waals surface area contributed by atoms with Gasteiger partial charge in [0, 0.05) is 100 Å². The summed E-state index contributed by atoms with van der Waals surface area (Å²) in [7, 11) is 6.07. The first-order valence-electron chi connectivity index (χ1n) is 20.1. The summed E-state index contributed by atoms with van der Waals surface area (Å²) in [5.41, 5.74) is 2.33. The third-order valence-corrected chi connectivity index (χ3v) is 12.9. The monoisotopic (exact) mass is 1140 g/mol.